The number of carbonyl (C=O) groups excluding carboxylic acids is 1. The van der Waals surface area contributed by atoms with E-state index in [9.17, 15) is 4.79 Å². The minimum Gasteiger partial charge on any atom is -0.493 e. The van der Waals surface area contributed by atoms with E-state index in [0.29, 0.717) is 32.1 Å². The van der Waals surface area contributed by atoms with Crippen LogP contribution in [0.3, 0.4) is 0 Å². The molecule has 1 N–H and O–H groups in total. The number of nitrogens with zero attached hydrogens (tertiary/aromatic N) is 2. The minimum atomic E-state index is -0.326. The topological polar surface area (TPSA) is 73.3 Å². The van der Waals surface area contributed by atoms with Crippen molar-refractivity contribution in [2.75, 3.05) is 19.5 Å². The van der Waals surface area contributed by atoms with Crippen LogP contribution in [0.25, 0.3) is 0 Å². The monoisotopic (exact) mass is 415 g/mol. The zero-order valence-corrected chi connectivity index (χ0v) is 14.4. The Balaban J connectivity index is 2.24. The molecule has 1 aromatic heterocycles. The summed E-state index contributed by atoms with van der Waals surface area (Å²) in [6, 6.07) is 4.89. The van der Waals surface area contributed by atoms with Gasteiger partial charge in [0.15, 0.2) is 17.3 Å². The molecule has 0 unspecified atom stereocenters. The van der Waals surface area contributed by atoms with Crippen LogP contribution in [0.2, 0.25) is 0 Å². The maximum atomic E-state index is 12.2. The first-order valence-electron chi connectivity index (χ1n) is 5.76. The van der Waals surface area contributed by atoms with E-state index < -0.39 is 0 Å². The molecule has 0 aliphatic heterocycles. The second-order valence-corrected chi connectivity index (χ2v) is 5.42. The Bertz CT molecular complexity index is 680. The number of hydrogen-bond donors (Lipinski definition) is 1. The quantitative estimate of drug-likeness (QED) is 0.827. The fraction of sp³-hybridized carbons (Fsp3) is 0.154. The first-order valence-corrected chi connectivity index (χ1v) is 7.35. The highest BCUT2D eigenvalue weighted by Gasteiger charge is 2.13. The standard InChI is InChI=1S/C13H11Br2N3O3/c1-20-8-4-3-7(5-9(8)21-2)13(19)18-12-11(15)17-10(14)6-16-12/h3-6H,1-2H3,(H,16,18,19). The van der Waals surface area contributed by atoms with E-state index in [1.807, 2.05) is 0 Å². The van der Waals surface area contributed by atoms with Gasteiger partial charge in [-0.3, -0.25) is 4.79 Å². The molecule has 0 aliphatic rings. The average Bonchev–Trinajstić information content (AvgIpc) is 2.49. The van der Waals surface area contributed by atoms with Gasteiger partial charge < -0.3 is 14.8 Å². The van der Waals surface area contributed by atoms with E-state index in [-0.39, 0.29) is 5.91 Å². The van der Waals surface area contributed by atoms with Crippen LogP contribution < -0.4 is 14.8 Å². The summed E-state index contributed by atoms with van der Waals surface area (Å²) in [5.74, 6) is 1.04. The molecule has 110 valence electrons. The molecule has 0 fully saturated rings. The third kappa shape index (κ3) is 3.70. The molecule has 0 saturated carbocycles. The second kappa shape index (κ2) is 6.86. The molecule has 8 heteroatoms. The van der Waals surface area contributed by atoms with Gasteiger partial charge in [-0.2, -0.15) is 0 Å². The first-order chi connectivity index (χ1) is 10.0. The molecule has 0 radical (unpaired) electrons. The molecule has 0 saturated heterocycles. The third-order valence-corrected chi connectivity index (χ3v) is 3.51. The van der Waals surface area contributed by atoms with Gasteiger partial charge >= 0.3 is 0 Å². The predicted molar refractivity (Wildman–Crippen MR) is 84.9 cm³/mol. The average molecular weight is 417 g/mol. The van der Waals surface area contributed by atoms with Crippen LogP contribution in [0.1, 0.15) is 10.4 Å². The molecule has 21 heavy (non-hydrogen) atoms. The summed E-state index contributed by atoms with van der Waals surface area (Å²) in [4.78, 5) is 20.4. The number of benzene rings is 1. The van der Waals surface area contributed by atoms with Gasteiger partial charge in [-0.05, 0) is 50.1 Å². The zero-order chi connectivity index (χ0) is 15.4. The summed E-state index contributed by atoms with van der Waals surface area (Å²) in [5.41, 5.74) is 0.421. The number of amides is 1. The number of methoxy groups -OCH3 is 2. The molecule has 0 aliphatic carbocycles. The predicted octanol–water partition coefficient (Wildman–Crippen LogP) is 3.27. The fourth-order valence-electron chi connectivity index (χ4n) is 1.59. The van der Waals surface area contributed by atoms with Gasteiger partial charge in [-0.25, -0.2) is 9.97 Å². The fourth-order valence-corrected chi connectivity index (χ4v) is 2.50. The normalized spacial score (nSPS) is 10.1. The third-order valence-electron chi connectivity index (χ3n) is 2.58. The van der Waals surface area contributed by atoms with E-state index in [2.05, 4.69) is 47.1 Å². The maximum Gasteiger partial charge on any atom is 0.257 e. The van der Waals surface area contributed by atoms with Gasteiger partial charge in [0.05, 0.1) is 20.4 Å². The lowest BCUT2D eigenvalue weighted by atomic mass is 10.2. The van der Waals surface area contributed by atoms with Crippen molar-refractivity contribution < 1.29 is 14.3 Å². The number of carbonyl (C=O) groups is 1. The summed E-state index contributed by atoms with van der Waals surface area (Å²) in [7, 11) is 3.04. The first kappa shape index (κ1) is 15.7. The number of hydrogen-bond acceptors (Lipinski definition) is 5. The highest BCUT2D eigenvalue weighted by atomic mass is 79.9. The Morgan fingerprint density at radius 3 is 2.52 bits per heavy atom. The van der Waals surface area contributed by atoms with Crippen molar-refractivity contribution in [3.63, 3.8) is 0 Å². The molecule has 2 rings (SSSR count). The molecule has 1 amide bonds. The largest absolute Gasteiger partial charge is 0.493 e. The zero-order valence-electron chi connectivity index (χ0n) is 11.2. The van der Waals surface area contributed by atoms with Crippen molar-refractivity contribution in [3.8, 4) is 11.5 Å². The van der Waals surface area contributed by atoms with Crippen molar-refractivity contribution in [1.29, 1.82) is 0 Å². The van der Waals surface area contributed by atoms with Crippen LogP contribution in [0.4, 0.5) is 5.82 Å². The van der Waals surface area contributed by atoms with E-state index in [1.165, 1.54) is 20.4 Å². The van der Waals surface area contributed by atoms with Gasteiger partial charge in [0.25, 0.3) is 5.91 Å². The summed E-state index contributed by atoms with van der Waals surface area (Å²) < 4.78 is 11.3. The number of halogens is 2. The van der Waals surface area contributed by atoms with E-state index in [0.717, 1.165) is 0 Å². The molecular weight excluding hydrogens is 406 g/mol. The smallest absolute Gasteiger partial charge is 0.257 e. The number of aromatic nitrogens is 2. The summed E-state index contributed by atoms with van der Waals surface area (Å²) >= 11 is 6.43. The molecule has 0 atom stereocenters. The van der Waals surface area contributed by atoms with Gasteiger partial charge in [-0.1, -0.05) is 0 Å². The highest BCUT2D eigenvalue weighted by molar-refractivity contribution is 9.11. The second-order valence-electron chi connectivity index (χ2n) is 3.86. The Morgan fingerprint density at radius 1 is 1.19 bits per heavy atom. The molecule has 2 aromatic rings. The van der Waals surface area contributed by atoms with Crippen molar-refractivity contribution in [2.45, 2.75) is 0 Å². The van der Waals surface area contributed by atoms with Crippen molar-refractivity contribution in [2.24, 2.45) is 0 Å². The Kier molecular flexibility index (Phi) is 5.13. The van der Waals surface area contributed by atoms with Gasteiger partial charge in [-0.15, -0.1) is 0 Å². The van der Waals surface area contributed by atoms with Crippen molar-refractivity contribution >= 4 is 43.6 Å². The number of rotatable bonds is 4. The van der Waals surface area contributed by atoms with Crippen LogP contribution in [0.15, 0.2) is 33.6 Å². The molecular formula is C13H11Br2N3O3. The molecule has 6 nitrogen and oxygen atoms in total. The maximum absolute atomic E-state index is 12.2. The van der Waals surface area contributed by atoms with Gasteiger partial charge in [0, 0.05) is 5.56 Å². The summed E-state index contributed by atoms with van der Waals surface area (Å²) in [6.45, 7) is 0. The lowest BCUT2D eigenvalue weighted by Crippen LogP contribution is -2.14. The number of ether oxygens (including phenoxy) is 2. The summed E-state index contributed by atoms with van der Waals surface area (Å²) in [6.07, 6.45) is 1.50. The van der Waals surface area contributed by atoms with Gasteiger partial charge in [0.1, 0.15) is 9.21 Å². The number of anilines is 1. The van der Waals surface area contributed by atoms with E-state index >= 15 is 0 Å². The van der Waals surface area contributed by atoms with Crippen molar-refractivity contribution in [1.82, 2.24) is 9.97 Å². The highest BCUT2D eigenvalue weighted by Crippen LogP contribution is 2.28. The SMILES string of the molecule is COc1ccc(C(=O)Nc2ncc(Br)nc2Br)cc1OC. The Labute approximate surface area is 138 Å². The lowest BCUT2D eigenvalue weighted by Gasteiger charge is -2.10. The Hall–Kier alpha value is -1.67. The van der Waals surface area contributed by atoms with Crippen LogP contribution in [-0.2, 0) is 0 Å². The molecule has 0 spiro atoms. The van der Waals surface area contributed by atoms with Crippen LogP contribution >= 0.6 is 31.9 Å². The lowest BCUT2D eigenvalue weighted by molar-refractivity contribution is 0.102. The van der Waals surface area contributed by atoms with E-state index in [1.54, 1.807) is 18.2 Å². The van der Waals surface area contributed by atoms with Gasteiger partial charge in [0.2, 0.25) is 0 Å². The van der Waals surface area contributed by atoms with E-state index in [4.69, 9.17) is 9.47 Å². The van der Waals surface area contributed by atoms with Crippen LogP contribution in [-0.4, -0.2) is 30.1 Å². The molecule has 0 bridgehead atoms. The van der Waals surface area contributed by atoms with Crippen LogP contribution in [0.5, 0.6) is 11.5 Å². The minimum absolute atomic E-state index is 0.326. The van der Waals surface area contributed by atoms with Crippen molar-refractivity contribution in [3.05, 3.63) is 39.2 Å². The number of nitrogens with one attached hydrogen (secondary N) is 1. The summed E-state index contributed by atoms with van der Waals surface area (Å²) in [5, 5.41) is 2.67. The Morgan fingerprint density at radius 2 is 1.90 bits per heavy atom. The van der Waals surface area contributed by atoms with Crippen LogP contribution in [0, 0.1) is 0 Å². The molecule has 1 heterocycles. The molecule has 1 aromatic carbocycles.